The number of aromatic amines is 1. The molecular formula is C19H21N2+. The van der Waals surface area contributed by atoms with Crippen molar-refractivity contribution in [3.05, 3.63) is 78.0 Å². The van der Waals surface area contributed by atoms with Crippen LogP contribution in [0, 0.1) is 0 Å². The Morgan fingerprint density at radius 3 is 2.67 bits per heavy atom. The number of aromatic nitrogens is 1. The molecule has 0 bridgehead atoms. The maximum Gasteiger partial charge on any atom is 0.0945 e. The number of H-pyrrole nitrogens is 1. The molecule has 0 aliphatic heterocycles. The van der Waals surface area contributed by atoms with Crippen LogP contribution in [-0.2, 0) is 6.42 Å². The topological polar surface area (TPSA) is 32.4 Å². The lowest BCUT2D eigenvalue weighted by molar-refractivity contribution is -0.645. The molecule has 2 nitrogen and oxygen atoms in total. The van der Waals surface area contributed by atoms with Crippen molar-refractivity contribution in [2.75, 3.05) is 13.1 Å². The Morgan fingerprint density at radius 1 is 0.952 bits per heavy atom. The molecule has 0 spiro atoms. The molecule has 0 saturated heterocycles. The Labute approximate surface area is 125 Å². The van der Waals surface area contributed by atoms with Crippen LogP contribution in [-0.4, -0.2) is 18.1 Å². The first-order valence-electron chi connectivity index (χ1n) is 7.52. The van der Waals surface area contributed by atoms with Crippen LogP contribution in [0.25, 0.3) is 17.0 Å². The summed E-state index contributed by atoms with van der Waals surface area (Å²) in [6.07, 6.45) is 7.65. The standard InChI is InChI=1S/C19H20N2/c1-2-7-16(8-3-1)9-6-13-20-14-12-17-15-21-19-11-5-4-10-18(17)19/h1-11,15,20-21H,12-14H2/p+1/b9-6+. The first-order valence-corrected chi connectivity index (χ1v) is 7.52. The smallest absolute Gasteiger partial charge is 0.0945 e. The van der Waals surface area contributed by atoms with Crippen molar-refractivity contribution in [3.63, 3.8) is 0 Å². The van der Waals surface area contributed by atoms with Crippen molar-refractivity contribution in [1.29, 1.82) is 0 Å². The highest BCUT2D eigenvalue weighted by Gasteiger charge is 2.02. The summed E-state index contributed by atoms with van der Waals surface area (Å²) in [5.74, 6) is 0. The molecule has 0 amide bonds. The Morgan fingerprint density at radius 2 is 1.76 bits per heavy atom. The van der Waals surface area contributed by atoms with Crippen molar-refractivity contribution in [3.8, 4) is 0 Å². The third kappa shape index (κ3) is 3.61. The van der Waals surface area contributed by atoms with Crippen molar-refractivity contribution < 1.29 is 5.32 Å². The van der Waals surface area contributed by atoms with Crippen LogP contribution in [0.1, 0.15) is 11.1 Å². The van der Waals surface area contributed by atoms with E-state index in [2.05, 4.69) is 77.2 Å². The number of quaternary nitrogens is 1. The van der Waals surface area contributed by atoms with E-state index < -0.39 is 0 Å². The van der Waals surface area contributed by atoms with Gasteiger partial charge in [-0.05, 0) is 23.3 Å². The van der Waals surface area contributed by atoms with E-state index >= 15 is 0 Å². The molecule has 0 radical (unpaired) electrons. The minimum absolute atomic E-state index is 1.03. The predicted octanol–water partition coefficient (Wildman–Crippen LogP) is 2.99. The number of rotatable bonds is 6. The fourth-order valence-corrected chi connectivity index (χ4v) is 2.58. The van der Waals surface area contributed by atoms with E-state index in [9.17, 15) is 0 Å². The molecule has 3 N–H and O–H groups in total. The predicted molar refractivity (Wildman–Crippen MR) is 89.1 cm³/mol. The molecule has 0 atom stereocenters. The number of nitrogens with two attached hydrogens (primary N) is 1. The molecular weight excluding hydrogens is 256 g/mol. The zero-order chi connectivity index (χ0) is 14.3. The van der Waals surface area contributed by atoms with E-state index in [1.54, 1.807) is 0 Å². The van der Waals surface area contributed by atoms with Gasteiger partial charge in [-0.25, -0.2) is 0 Å². The summed E-state index contributed by atoms with van der Waals surface area (Å²) in [6, 6.07) is 18.9. The molecule has 3 aromatic rings. The molecule has 0 fully saturated rings. The van der Waals surface area contributed by atoms with Gasteiger partial charge < -0.3 is 10.3 Å². The van der Waals surface area contributed by atoms with Gasteiger partial charge in [-0.15, -0.1) is 0 Å². The zero-order valence-electron chi connectivity index (χ0n) is 12.1. The van der Waals surface area contributed by atoms with E-state index in [0.717, 1.165) is 19.5 Å². The molecule has 0 saturated carbocycles. The third-order valence-electron chi connectivity index (χ3n) is 3.71. The highest BCUT2D eigenvalue weighted by molar-refractivity contribution is 5.82. The number of benzene rings is 2. The lowest BCUT2D eigenvalue weighted by Gasteiger charge is -1.99. The van der Waals surface area contributed by atoms with Gasteiger partial charge in [0.05, 0.1) is 13.1 Å². The second-order valence-corrected chi connectivity index (χ2v) is 5.24. The van der Waals surface area contributed by atoms with Gasteiger partial charge in [0.1, 0.15) is 0 Å². The van der Waals surface area contributed by atoms with Crippen molar-refractivity contribution in [1.82, 2.24) is 4.98 Å². The average molecular weight is 277 g/mol. The van der Waals surface area contributed by atoms with Gasteiger partial charge in [0, 0.05) is 23.5 Å². The van der Waals surface area contributed by atoms with E-state index in [1.807, 2.05) is 6.07 Å². The summed E-state index contributed by atoms with van der Waals surface area (Å²) in [5.41, 5.74) is 3.91. The molecule has 0 unspecified atom stereocenters. The molecule has 2 aromatic carbocycles. The second kappa shape index (κ2) is 6.91. The number of fused-ring (bicyclic) bond motifs is 1. The highest BCUT2D eigenvalue weighted by Crippen LogP contribution is 2.17. The summed E-state index contributed by atoms with van der Waals surface area (Å²) < 4.78 is 0. The lowest BCUT2D eigenvalue weighted by Crippen LogP contribution is -2.84. The Balaban J connectivity index is 1.45. The lowest BCUT2D eigenvalue weighted by atomic mass is 10.1. The van der Waals surface area contributed by atoms with Gasteiger partial charge in [-0.2, -0.15) is 0 Å². The Bertz CT molecular complexity index is 711. The molecule has 21 heavy (non-hydrogen) atoms. The Kier molecular flexibility index (Phi) is 4.49. The van der Waals surface area contributed by atoms with Crippen LogP contribution >= 0.6 is 0 Å². The quantitative estimate of drug-likeness (QED) is 0.649. The fraction of sp³-hybridized carbons (Fsp3) is 0.158. The van der Waals surface area contributed by atoms with Crippen molar-refractivity contribution in [2.45, 2.75) is 6.42 Å². The van der Waals surface area contributed by atoms with Crippen LogP contribution < -0.4 is 5.32 Å². The summed E-state index contributed by atoms with van der Waals surface area (Å²) in [4.78, 5) is 3.33. The van der Waals surface area contributed by atoms with Gasteiger partial charge in [-0.3, -0.25) is 0 Å². The van der Waals surface area contributed by atoms with Crippen LogP contribution in [0.5, 0.6) is 0 Å². The van der Waals surface area contributed by atoms with E-state index in [0.29, 0.717) is 0 Å². The minimum atomic E-state index is 1.03. The minimum Gasteiger partial charge on any atom is -0.361 e. The number of nitrogens with one attached hydrogen (secondary N) is 1. The SMILES string of the molecule is C(=C\c1ccccc1)/C[NH2+]CCc1c[nH]c2ccccc12. The number of para-hydroxylation sites is 1. The van der Waals surface area contributed by atoms with Gasteiger partial charge in [0.15, 0.2) is 0 Å². The number of hydrogen-bond donors (Lipinski definition) is 2. The van der Waals surface area contributed by atoms with E-state index in [4.69, 9.17) is 0 Å². The van der Waals surface area contributed by atoms with Gasteiger partial charge in [-0.1, -0.05) is 54.6 Å². The summed E-state index contributed by atoms with van der Waals surface area (Å²) in [7, 11) is 0. The van der Waals surface area contributed by atoms with Crippen LogP contribution in [0.4, 0.5) is 0 Å². The molecule has 1 aromatic heterocycles. The van der Waals surface area contributed by atoms with Crippen LogP contribution in [0.15, 0.2) is 66.9 Å². The maximum absolute atomic E-state index is 3.33. The molecule has 3 rings (SSSR count). The molecule has 2 heteroatoms. The van der Waals surface area contributed by atoms with E-state index in [1.165, 1.54) is 22.0 Å². The van der Waals surface area contributed by atoms with Crippen LogP contribution in [0.2, 0.25) is 0 Å². The zero-order valence-corrected chi connectivity index (χ0v) is 12.1. The van der Waals surface area contributed by atoms with Gasteiger partial charge >= 0.3 is 0 Å². The Hall–Kier alpha value is -2.32. The van der Waals surface area contributed by atoms with Crippen LogP contribution in [0.3, 0.4) is 0 Å². The molecule has 0 aliphatic carbocycles. The largest absolute Gasteiger partial charge is 0.361 e. The second-order valence-electron chi connectivity index (χ2n) is 5.24. The normalized spacial score (nSPS) is 11.4. The van der Waals surface area contributed by atoms with Gasteiger partial charge in [0.25, 0.3) is 0 Å². The fourth-order valence-electron chi connectivity index (χ4n) is 2.58. The number of hydrogen-bond acceptors (Lipinski definition) is 0. The average Bonchev–Trinajstić information content (AvgIpc) is 2.95. The molecule has 0 aliphatic rings. The highest BCUT2D eigenvalue weighted by atomic mass is 14.8. The third-order valence-corrected chi connectivity index (χ3v) is 3.71. The summed E-state index contributed by atoms with van der Waals surface area (Å²) in [5, 5.41) is 3.70. The first-order chi connectivity index (χ1) is 10.4. The molecule has 106 valence electrons. The maximum atomic E-state index is 3.33. The monoisotopic (exact) mass is 277 g/mol. The summed E-state index contributed by atoms with van der Waals surface area (Å²) >= 11 is 0. The van der Waals surface area contributed by atoms with Gasteiger partial charge in [0.2, 0.25) is 0 Å². The summed E-state index contributed by atoms with van der Waals surface area (Å²) in [6.45, 7) is 2.14. The van der Waals surface area contributed by atoms with Crippen molar-refractivity contribution >= 4 is 17.0 Å². The molecule has 1 heterocycles. The van der Waals surface area contributed by atoms with E-state index in [-0.39, 0.29) is 0 Å². The first kappa shape index (κ1) is 13.7. The van der Waals surface area contributed by atoms with Crippen molar-refractivity contribution in [2.24, 2.45) is 0 Å².